The summed E-state index contributed by atoms with van der Waals surface area (Å²) in [5.74, 6) is 0.700. The van der Waals surface area contributed by atoms with E-state index in [0.29, 0.717) is 24.2 Å². The maximum atomic E-state index is 12.2. The molecule has 0 unspecified atom stereocenters. The Morgan fingerprint density at radius 1 is 1.26 bits per heavy atom. The number of aryl methyl sites for hydroxylation is 1. The predicted octanol–water partition coefficient (Wildman–Crippen LogP) is 2.78. The molecule has 3 aromatic rings. The molecule has 1 N–H and O–H groups in total. The number of rotatable bonds is 8. The summed E-state index contributed by atoms with van der Waals surface area (Å²) in [7, 11) is 0. The highest BCUT2D eigenvalue weighted by molar-refractivity contribution is 7.99. The fraction of sp³-hybridized carbons (Fsp3) is 0.263. The van der Waals surface area contributed by atoms with Crippen LogP contribution in [0.2, 0.25) is 0 Å². The van der Waals surface area contributed by atoms with Crippen molar-refractivity contribution in [1.29, 1.82) is 0 Å². The summed E-state index contributed by atoms with van der Waals surface area (Å²) in [5.41, 5.74) is 2.99. The number of carbonyl (C=O) groups excluding carboxylic acids is 1. The van der Waals surface area contributed by atoms with Gasteiger partial charge in [-0.15, -0.1) is 10.2 Å². The number of pyridine rings is 1. The molecule has 1 amide bonds. The molecule has 0 radical (unpaired) electrons. The van der Waals surface area contributed by atoms with Crippen LogP contribution in [0, 0.1) is 6.92 Å². The van der Waals surface area contributed by atoms with Crippen LogP contribution < -0.4 is 10.1 Å². The molecule has 0 aliphatic heterocycles. The minimum absolute atomic E-state index is 0.0928. The third kappa shape index (κ3) is 5.07. The second-order valence-corrected chi connectivity index (χ2v) is 6.73. The molecule has 7 nitrogen and oxygen atoms in total. The standard InChI is InChI=1S/C19H21N5O2S/c1-3-26-18-15(5-4-10-20-18)11-21-17(25)12-27-19-23-22-13-24(19)16-8-6-14(2)7-9-16/h4-10,13H,3,11-12H2,1-2H3,(H,21,25). The predicted molar refractivity (Wildman–Crippen MR) is 104 cm³/mol. The van der Waals surface area contributed by atoms with Gasteiger partial charge in [0.15, 0.2) is 5.16 Å². The monoisotopic (exact) mass is 383 g/mol. The van der Waals surface area contributed by atoms with Gasteiger partial charge in [0.2, 0.25) is 11.8 Å². The Morgan fingerprint density at radius 3 is 2.85 bits per heavy atom. The fourth-order valence-corrected chi connectivity index (χ4v) is 3.16. The highest BCUT2D eigenvalue weighted by Crippen LogP contribution is 2.20. The van der Waals surface area contributed by atoms with Gasteiger partial charge in [-0.25, -0.2) is 4.98 Å². The summed E-state index contributed by atoms with van der Waals surface area (Å²) >= 11 is 1.34. The van der Waals surface area contributed by atoms with E-state index < -0.39 is 0 Å². The van der Waals surface area contributed by atoms with E-state index in [-0.39, 0.29) is 11.7 Å². The first-order chi connectivity index (χ1) is 13.2. The second-order valence-electron chi connectivity index (χ2n) is 5.79. The molecule has 0 atom stereocenters. The average molecular weight is 383 g/mol. The molecule has 0 spiro atoms. The quantitative estimate of drug-likeness (QED) is 0.603. The van der Waals surface area contributed by atoms with E-state index in [4.69, 9.17) is 4.74 Å². The zero-order valence-electron chi connectivity index (χ0n) is 15.3. The lowest BCUT2D eigenvalue weighted by atomic mass is 10.2. The van der Waals surface area contributed by atoms with E-state index in [0.717, 1.165) is 11.3 Å². The Labute approximate surface area is 162 Å². The summed E-state index contributed by atoms with van der Waals surface area (Å²) in [6, 6.07) is 11.8. The van der Waals surface area contributed by atoms with Gasteiger partial charge in [-0.3, -0.25) is 9.36 Å². The van der Waals surface area contributed by atoms with E-state index in [1.165, 1.54) is 17.3 Å². The van der Waals surface area contributed by atoms with Crippen molar-refractivity contribution in [1.82, 2.24) is 25.1 Å². The first-order valence-electron chi connectivity index (χ1n) is 8.60. The van der Waals surface area contributed by atoms with Gasteiger partial charge in [-0.1, -0.05) is 35.5 Å². The Bertz CT molecular complexity index is 895. The van der Waals surface area contributed by atoms with E-state index in [9.17, 15) is 4.79 Å². The van der Waals surface area contributed by atoms with Crippen LogP contribution in [0.15, 0.2) is 54.1 Å². The number of ether oxygens (including phenoxy) is 1. The van der Waals surface area contributed by atoms with Gasteiger partial charge in [0, 0.05) is 24.0 Å². The lowest BCUT2D eigenvalue weighted by Crippen LogP contribution is -2.25. The normalized spacial score (nSPS) is 10.6. The molecule has 0 saturated carbocycles. The Kier molecular flexibility index (Phi) is 6.43. The zero-order chi connectivity index (χ0) is 19.1. The second kappa shape index (κ2) is 9.18. The number of nitrogens with one attached hydrogen (secondary N) is 1. The van der Waals surface area contributed by atoms with Crippen LogP contribution in [0.25, 0.3) is 5.69 Å². The molecular formula is C19H21N5O2S. The minimum Gasteiger partial charge on any atom is -0.478 e. The number of benzene rings is 1. The largest absolute Gasteiger partial charge is 0.478 e. The van der Waals surface area contributed by atoms with Crippen molar-refractivity contribution in [3.8, 4) is 11.6 Å². The number of thioether (sulfide) groups is 1. The first-order valence-corrected chi connectivity index (χ1v) is 9.59. The molecule has 2 heterocycles. The molecule has 0 aliphatic carbocycles. The lowest BCUT2D eigenvalue weighted by molar-refractivity contribution is -0.118. The zero-order valence-corrected chi connectivity index (χ0v) is 16.1. The highest BCUT2D eigenvalue weighted by Gasteiger charge is 2.11. The van der Waals surface area contributed by atoms with Gasteiger partial charge in [0.25, 0.3) is 0 Å². The van der Waals surface area contributed by atoms with Crippen LogP contribution in [0.3, 0.4) is 0 Å². The molecule has 0 fully saturated rings. The van der Waals surface area contributed by atoms with Gasteiger partial charge in [-0.2, -0.15) is 0 Å². The van der Waals surface area contributed by atoms with Crippen LogP contribution >= 0.6 is 11.8 Å². The van der Waals surface area contributed by atoms with Gasteiger partial charge in [0.05, 0.1) is 12.4 Å². The summed E-state index contributed by atoms with van der Waals surface area (Å²) in [6.45, 7) is 4.84. The van der Waals surface area contributed by atoms with Gasteiger partial charge >= 0.3 is 0 Å². The first kappa shape index (κ1) is 18.9. The van der Waals surface area contributed by atoms with Crippen molar-refractivity contribution in [2.45, 2.75) is 25.5 Å². The number of amides is 1. The van der Waals surface area contributed by atoms with E-state index in [1.807, 2.05) is 54.8 Å². The number of hydrogen-bond acceptors (Lipinski definition) is 6. The number of carbonyl (C=O) groups is 1. The van der Waals surface area contributed by atoms with E-state index in [2.05, 4.69) is 20.5 Å². The van der Waals surface area contributed by atoms with E-state index in [1.54, 1.807) is 12.5 Å². The van der Waals surface area contributed by atoms with Gasteiger partial charge < -0.3 is 10.1 Å². The summed E-state index contributed by atoms with van der Waals surface area (Å²) in [4.78, 5) is 16.4. The maximum absolute atomic E-state index is 12.2. The molecule has 2 aromatic heterocycles. The fourth-order valence-electron chi connectivity index (χ4n) is 2.41. The highest BCUT2D eigenvalue weighted by atomic mass is 32.2. The summed E-state index contributed by atoms with van der Waals surface area (Å²) in [6.07, 6.45) is 3.32. The van der Waals surface area contributed by atoms with Crippen LogP contribution in [-0.4, -0.2) is 38.0 Å². The third-order valence-electron chi connectivity index (χ3n) is 3.77. The number of hydrogen-bond donors (Lipinski definition) is 1. The molecule has 0 saturated heterocycles. The van der Waals surface area contributed by atoms with Crippen molar-refractivity contribution >= 4 is 17.7 Å². The minimum atomic E-state index is -0.0928. The summed E-state index contributed by atoms with van der Waals surface area (Å²) in [5, 5.41) is 11.6. The summed E-state index contributed by atoms with van der Waals surface area (Å²) < 4.78 is 7.34. The van der Waals surface area contributed by atoms with Crippen LogP contribution in [0.1, 0.15) is 18.1 Å². The van der Waals surface area contributed by atoms with E-state index >= 15 is 0 Å². The molecule has 1 aromatic carbocycles. The van der Waals surface area contributed by atoms with Crippen molar-refractivity contribution < 1.29 is 9.53 Å². The maximum Gasteiger partial charge on any atom is 0.230 e. The Hall–Kier alpha value is -2.87. The average Bonchev–Trinajstić information content (AvgIpc) is 3.15. The van der Waals surface area contributed by atoms with Gasteiger partial charge in [-0.05, 0) is 32.0 Å². The topological polar surface area (TPSA) is 81.9 Å². The lowest BCUT2D eigenvalue weighted by Gasteiger charge is -2.10. The smallest absolute Gasteiger partial charge is 0.230 e. The number of nitrogens with zero attached hydrogens (tertiary/aromatic N) is 4. The molecule has 140 valence electrons. The Balaban J connectivity index is 1.56. The van der Waals surface area contributed by atoms with Crippen molar-refractivity contribution in [3.63, 3.8) is 0 Å². The molecular weight excluding hydrogens is 362 g/mol. The molecule has 0 bridgehead atoms. The van der Waals surface area contributed by atoms with Crippen LogP contribution in [0.5, 0.6) is 5.88 Å². The van der Waals surface area contributed by atoms with Crippen molar-refractivity contribution in [2.24, 2.45) is 0 Å². The molecule has 27 heavy (non-hydrogen) atoms. The van der Waals surface area contributed by atoms with Crippen LogP contribution in [0.4, 0.5) is 0 Å². The van der Waals surface area contributed by atoms with Crippen LogP contribution in [-0.2, 0) is 11.3 Å². The SMILES string of the molecule is CCOc1ncccc1CNC(=O)CSc1nncn1-c1ccc(C)cc1. The number of aromatic nitrogens is 4. The third-order valence-corrected chi connectivity index (χ3v) is 4.71. The molecule has 8 heteroatoms. The Morgan fingerprint density at radius 2 is 2.07 bits per heavy atom. The molecule has 0 aliphatic rings. The van der Waals surface area contributed by atoms with Crippen molar-refractivity contribution in [3.05, 3.63) is 60.0 Å². The molecule has 3 rings (SSSR count). The van der Waals surface area contributed by atoms with Gasteiger partial charge in [0.1, 0.15) is 6.33 Å². The van der Waals surface area contributed by atoms with Crippen molar-refractivity contribution in [2.75, 3.05) is 12.4 Å².